The lowest BCUT2D eigenvalue weighted by molar-refractivity contribution is 0.0822. The molecule has 1 saturated carbocycles. The standard InChI is InChI=1S/C18H30N2O/c1-15(2)20(14-16-8-4-3-5-9-16)18-11-7-6-10-17(18)19-12-13-21/h3-5,8-9,15,17-19,21H,6-7,10-14H2,1-2H3/t17-,18+/m0/s1. The van der Waals surface area contributed by atoms with Crippen molar-refractivity contribution in [2.75, 3.05) is 13.2 Å². The SMILES string of the molecule is CC(C)N(Cc1ccccc1)[C@@H]1CCCC[C@@H]1NCCO. The Balaban J connectivity index is 2.07. The molecule has 0 saturated heterocycles. The van der Waals surface area contributed by atoms with Crippen molar-refractivity contribution in [1.82, 2.24) is 10.2 Å². The average molecular weight is 290 g/mol. The van der Waals surface area contributed by atoms with E-state index in [-0.39, 0.29) is 6.61 Å². The Bertz CT molecular complexity index is 393. The molecule has 2 rings (SSSR count). The van der Waals surface area contributed by atoms with Gasteiger partial charge in [-0.1, -0.05) is 43.2 Å². The van der Waals surface area contributed by atoms with Crippen molar-refractivity contribution in [3.8, 4) is 0 Å². The van der Waals surface area contributed by atoms with Crippen LogP contribution >= 0.6 is 0 Å². The molecule has 0 heterocycles. The Morgan fingerprint density at radius 1 is 1.19 bits per heavy atom. The number of aliphatic hydroxyl groups excluding tert-OH is 1. The van der Waals surface area contributed by atoms with Crippen molar-refractivity contribution in [2.24, 2.45) is 0 Å². The van der Waals surface area contributed by atoms with Crippen LogP contribution in [-0.4, -0.2) is 41.3 Å². The van der Waals surface area contributed by atoms with Crippen molar-refractivity contribution < 1.29 is 5.11 Å². The lowest BCUT2D eigenvalue weighted by Crippen LogP contribution is -2.54. The van der Waals surface area contributed by atoms with Crippen LogP contribution in [0.15, 0.2) is 30.3 Å². The molecule has 0 aliphatic heterocycles. The van der Waals surface area contributed by atoms with E-state index >= 15 is 0 Å². The first-order chi connectivity index (χ1) is 10.2. The van der Waals surface area contributed by atoms with Gasteiger partial charge < -0.3 is 10.4 Å². The molecule has 3 heteroatoms. The van der Waals surface area contributed by atoms with Crippen LogP contribution in [0.25, 0.3) is 0 Å². The van der Waals surface area contributed by atoms with Gasteiger partial charge in [0.05, 0.1) is 6.61 Å². The van der Waals surface area contributed by atoms with Crippen LogP contribution in [0.1, 0.15) is 45.1 Å². The van der Waals surface area contributed by atoms with Crippen molar-refractivity contribution in [3.05, 3.63) is 35.9 Å². The Labute approximate surface area is 129 Å². The Morgan fingerprint density at radius 2 is 1.90 bits per heavy atom. The summed E-state index contributed by atoms with van der Waals surface area (Å²) in [6.45, 7) is 6.53. The van der Waals surface area contributed by atoms with E-state index in [1.54, 1.807) is 0 Å². The van der Waals surface area contributed by atoms with Crippen LogP contribution in [-0.2, 0) is 6.54 Å². The highest BCUT2D eigenvalue weighted by Gasteiger charge is 2.31. The number of hydrogen-bond donors (Lipinski definition) is 2. The summed E-state index contributed by atoms with van der Waals surface area (Å²) in [7, 11) is 0. The van der Waals surface area contributed by atoms with Crippen molar-refractivity contribution in [3.63, 3.8) is 0 Å². The fourth-order valence-electron chi connectivity index (χ4n) is 3.47. The van der Waals surface area contributed by atoms with E-state index in [4.69, 9.17) is 5.11 Å². The molecule has 2 atom stereocenters. The highest BCUT2D eigenvalue weighted by Crippen LogP contribution is 2.26. The third-order valence-corrected chi connectivity index (χ3v) is 4.55. The van der Waals surface area contributed by atoms with E-state index < -0.39 is 0 Å². The number of aliphatic hydroxyl groups is 1. The summed E-state index contributed by atoms with van der Waals surface area (Å²) in [4.78, 5) is 2.63. The summed E-state index contributed by atoms with van der Waals surface area (Å²) in [6.07, 6.45) is 5.10. The van der Waals surface area contributed by atoms with Crippen LogP contribution in [0, 0.1) is 0 Å². The molecule has 21 heavy (non-hydrogen) atoms. The van der Waals surface area contributed by atoms with Gasteiger partial charge in [0.15, 0.2) is 0 Å². The van der Waals surface area contributed by atoms with Crippen molar-refractivity contribution in [2.45, 2.75) is 64.2 Å². The van der Waals surface area contributed by atoms with Crippen LogP contribution in [0.2, 0.25) is 0 Å². The molecule has 1 aliphatic rings. The maximum absolute atomic E-state index is 9.09. The molecule has 1 aromatic carbocycles. The summed E-state index contributed by atoms with van der Waals surface area (Å²) >= 11 is 0. The predicted molar refractivity (Wildman–Crippen MR) is 88.3 cm³/mol. The number of nitrogens with zero attached hydrogens (tertiary/aromatic N) is 1. The quantitative estimate of drug-likeness (QED) is 0.810. The molecule has 0 unspecified atom stereocenters. The molecule has 3 nitrogen and oxygen atoms in total. The summed E-state index contributed by atoms with van der Waals surface area (Å²) in [5.74, 6) is 0. The molecule has 0 aromatic heterocycles. The highest BCUT2D eigenvalue weighted by atomic mass is 16.3. The molecule has 0 spiro atoms. The van der Waals surface area contributed by atoms with E-state index in [2.05, 4.69) is 54.4 Å². The first-order valence-corrected chi connectivity index (χ1v) is 8.36. The third-order valence-electron chi connectivity index (χ3n) is 4.55. The van der Waals surface area contributed by atoms with Gasteiger partial charge in [-0.3, -0.25) is 4.90 Å². The van der Waals surface area contributed by atoms with Gasteiger partial charge in [0.2, 0.25) is 0 Å². The first kappa shape index (κ1) is 16.5. The van der Waals surface area contributed by atoms with Gasteiger partial charge in [-0.05, 0) is 32.3 Å². The number of nitrogens with one attached hydrogen (secondary N) is 1. The van der Waals surface area contributed by atoms with Crippen LogP contribution in [0.5, 0.6) is 0 Å². The Morgan fingerprint density at radius 3 is 2.57 bits per heavy atom. The maximum Gasteiger partial charge on any atom is 0.0556 e. The van der Waals surface area contributed by atoms with Gasteiger partial charge in [0.25, 0.3) is 0 Å². The van der Waals surface area contributed by atoms with Crippen LogP contribution < -0.4 is 5.32 Å². The van der Waals surface area contributed by atoms with Crippen LogP contribution in [0.4, 0.5) is 0 Å². The summed E-state index contributed by atoms with van der Waals surface area (Å²) in [5, 5.41) is 12.6. The Kier molecular flexibility index (Phi) is 6.68. The summed E-state index contributed by atoms with van der Waals surface area (Å²) < 4.78 is 0. The van der Waals surface area contributed by atoms with E-state index in [0.29, 0.717) is 24.7 Å². The predicted octanol–water partition coefficient (Wildman–Crippen LogP) is 2.79. The largest absolute Gasteiger partial charge is 0.395 e. The molecule has 0 bridgehead atoms. The van der Waals surface area contributed by atoms with Gasteiger partial charge in [-0.25, -0.2) is 0 Å². The van der Waals surface area contributed by atoms with Gasteiger partial charge in [-0.2, -0.15) is 0 Å². The average Bonchev–Trinajstić information content (AvgIpc) is 2.52. The molecule has 2 N–H and O–H groups in total. The lowest BCUT2D eigenvalue weighted by atomic mass is 9.88. The second kappa shape index (κ2) is 8.52. The second-order valence-corrected chi connectivity index (χ2v) is 6.39. The minimum atomic E-state index is 0.226. The van der Waals surface area contributed by atoms with E-state index in [1.807, 2.05) is 0 Å². The second-order valence-electron chi connectivity index (χ2n) is 6.39. The van der Waals surface area contributed by atoms with Crippen molar-refractivity contribution in [1.29, 1.82) is 0 Å². The van der Waals surface area contributed by atoms with E-state index in [9.17, 15) is 0 Å². The zero-order valence-corrected chi connectivity index (χ0v) is 13.5. The molecular formula is C18H30N2O. The van der Waals surface area contributed by atoms with E-state index in [0.717, 1.165) is 6.54 Å². The molecule has 0 radical (unpaired) electrons. The van der Waals surface area contributed by atoms with Crippen LogP contribution in [0.3, 0.4) is 0 Å². The highest BCUT2D eigenvalue weighted by molar-refractivity contribution is 5.15. The minimum absolute atomic E-state index is 0.226. The van der Waals surface area contributed by atoms with E-state index in [1.165, 1.54) is 31.2 Å². The topological polar surface area (TPSA) is 35.5 Å². The monoisotopic (exact) mass is 290 g/mol. The smallest absolute Gasteiger partial charge is 0.0556 e. The fourth-order valence-corrected chi connectivity index (χ4v) is 3.47. The van der Waals surface area contributed by atoms with Crippen molar-refractivity contribution >= 4 is 0 Å². The maximum atomic E-state index is 9.09. The third kappa shape index (κ3) is 4.80. The number of rotatable bonds is 7. The number of hydrogen-bond acceptors (Lipinski definition) is 3. The van der Waals surface area contributed by atoms with Gasteiger partial charge in [-0.15, -0.1) is 0 Å². The lowest BCUT2D eigenvalue weighted by Gasteiger charge is -2.42. The fraction of sp³-hybridized carbons (Fsp3) is 0.667. The van der Waals surface area contributed by atoms with Gasteiger partial charge in [0.1, 0.15) is 0 Å². The zero-order chi connectivity index (χ0) is 15.1. The molecule has 118 valence electrons. The summed E-state index contributed by atoms with van der Waals surface area (Å²) in [6, 6.07) is 12.4. The molecule has 1 aliphatic carbocycles. The molecule has 1 fully saturated rings. The molecular weight excluding hydrogens is 260 g/mol. The molecule has 1 aromatic rings. The zero-order valence-electron chi connectivity index (χ0n) is 13.5. The minimum Gasteiger partial charge on any atom is -0.395 e. The van der Waals surface area contributed by atoms with Gasteiger partial charge >= 0.3 is 0 Å². The Hall–Kier alpha value is -0.900. The summed E-state index contributed by atoms with van der Waals surface area (Å²) in [5.41, 5.74) is 1.39. The molecule has 0 amide bonds. The van der Waals surface area contributed by atoms with Gasteiger partial charge in [0, 0.05) is 31.2 Å². The normalized spacial score (nSPS) is 22.9. The number of benzene rings is 1. The first-order valence-electron chi connectivity index (χ1n) is 8.36.